The summed E-state index contributed by atoms with van der Waals surface area (Å²) in [5.41, 5.74) is 2.47. The van der Waals surface area contributed by atoms with Crippen molar-refractivity contribution in [1.29, 1.82) is 0 Å². The van der Waals surface area contributed by atoms with Crippen LogP contribution in [0.1, 0.15) is 17.0 Å². The minimum absolute atomic E-state index is 0.692. The number of benzene rings is 1. The quantitative estimate of drug-likeness (QED) is 0.932. The Morgan fingerprint density at radius 3 is 3.11 bits per heavy atom. The van der Waals surface area contributed by atoms with E-state index >= 15 is 0 Å². The molecule has 3 rings (SSSR count). The molecule has 0 saturated heterocycles. The molecule has 2 heterocycles. The molecule has 0 aliphatic carbocycles. The van der Waals surface area contributed by atoms with Crippen LogP contribution in [0.15, 0.2) is 22.9 Å². The molecule has 0 saturated carbocycles. The van der Waals surface area contributed by atoms with Gasteiger partial charge in [-0.1, -0.05) is 15.9 Å². The van der Waals surface area contributed by atoms with E-state index in [9.17, 15) is 0 Å². The molecule has 0 atom stereocenters. The van der Waals surface area contributed by atoms with Crippen LogP contribution in [0.2, 0.25) is 0 Å². The first-order valence-electron chi connectivity index (χ1n) is 6.22. The molecule has 19 heavy (non-hydrogen) atoms. The third kappa shape index (κ3) is 2.64. The topological polar surface area (TPSA) is 52.0 Å². The number of fused-ring (bicyclic) bond motifs is 1. The Bertz CT molecular complexity index is 596. The summed E-state index contributed by atoms with van der Waals surface area (Å²) >= 11 is 3.55. The highest BCUT2D eigenvalue weighted by Gasteiger charge is 2.17. The van der Waals surface area contributed by atoms with Crippen LogP contribution in [0.25, 0.3) is 0 Å². The van der Waals surface area contributed by atoms with E-state index in [1.165, 1.54) is 11.1 Å². The van der Waals surface area contributed by atoms with E-state index in [4.69, 9.17) is 4.74 Å². The van der Waals surface area contributed by atoms with Crippen molar-refractivity contribution in [2.24, 2.45) is 7.05 Å². The van der Waals surface area contributed by atoms with Gasteiger partial charge in [-0.05, 0) is 17.7 Å². The van der Waals surface area contributed by atoms with Gasteiger partial charge in [0, 0.05) is 30.0 Å². The van der Waals surface area contributed by atoms with Gasteiger partial charge >= 0.3 is 0 Å². The smallest absolute Gasteiger partial charge is 0.146 e. The summed E-state index contributed by atoms with van der Waals surface area (Å²) in [4.78, 5) is 0. The SMILES string of the molecule is Cn1cnnc1CNCc1cc(Br)cc2c1OCC2. The number of rotatable bonds is 4. The minimum Gasteiger partial charge on any atom is -0.493 e. The average Bonchev–Trinajstić information content (AvgIpc) is 2.98. The first-order valence-corrected chi connectivity index (χ1v) is 7.01. The van der Waals surface area contributed by atoms with Gasteiger partial charge in [0.05, 0.1) is 13.2 Å². The lowest BCUT2D eigenvalue weighted by molar-refractivity contribution is 0.352. The number of nitrogens with one attached hydrogen (secondary N) is 1. The van der Waals surface area contributed by atoms with E-state index in [0.717, 1.165) is 35.6 Å². The lowest BCUT2D eigenvalue weighted by atomic mass is 10.1. The van der Waals surface area contributed by atoms with Crippen LogP contribution in [-0.2, 0) is 26.6 Å². The van der Waals surface area contributed by atoms with Gasteiger partial charge in [-0.3, -0.25) is 0 Å². The minimum atomic E-state index is 0.692. The summed E-state index contributed by atoms with van der Waals surface area (Å²) in [6.45, 7) is 2.23. The van der Waals surface area contributed by atoms with Crippen molar-refractivity contribution in [3.8, 4) is 5.75 Å². The zero-order valence-electron chi connectivity index (χ0n) is 10.7. The molecule has 0 spiro atoms. The highest BCUT2D eigenvalue weighted by Crippen LogP contribution is 2.32. The third-order valence-corrected chi connectivity index (χ3v) is 3.69. The Hall–Kier alpha value is -1.40. The standard InChI is InChI=1S/C13H15BrN4O/c1-18-8-16-17-12(18)7-15-6-10-5-11(14)4-9-2-3-19-13(9)10/h4-5,8,15H,2-3,6-7H2,1H3. The van der Waals surface area contributed by atoms with Gasteiger partial charge in [-0.15, -0.1) is 10.2 Å². The molecule has 1 aromatic heterocycles. The maximum Gasteiger partial charge on any atom is 0.146 e. The van der Waals surface area contributed by atoms with Crippen molar-refractivity contribution >= 4 is 15.9 Å². The Balaban J connectivity index is 1.69. The Morgan fingerprint density at radius 2 is 2.32 bits per heavy atom. The molecule has 6 heteroatoms. The van der Waals surface area contributed by atoms with Crippen molar-refractivity contribution in [2.75, 3.05) is 6.61 Å². The van der Waals surface area contributed by atoms with Crippen LogP contribution in [-0.4, -0.2) is 21.4 Å². The van der Waals surface area contributed by atoms with E-state index in [1.54, 1.807) is 6.33 Å². The van der Waals surface area contributed by atoms with E-state index in [0.29, 0.717) is 6.54 Å². The van der Waals surface area contributed by atoms with Crippen molar-refractivity contribution in [1.82, 2.24) is 20.1 Å². The molecule has 0 radical (unpaired) electrons. The molecule has 1 aliphatic heterocycles. The Labute approximate surface area is 120 Å². The van der Waals surface area contributed by atoms with Crippen LogP contribution >= 0.6 is 15.9 Å². The van der Waals surface area contributed by atoms with E-state index < -0.39 is 0 Å². The second kappa shape index (κ2) is 5.30. The summed E-state index contributed by atoms with van der Waals surface area (Å²) in [7, 11) is 1.94. The third-order valence-electron chi connectivity index (χ3n) is 3.23. The van der Waals surface area contributed by atoms with Gasteiger partial charge < -0.3 is 14.6 Å². The molecule has 0 bridgehead atoms. The number of ether oxygens (including phenoxy) is 1. The molecule has 100 valence electrons. The molecule has 1 aromatic carbocycles. The second-order valence-corrected chi connectivity index (χ2v) is 5.53. The van der Waals surface area contributed by atoms with Crippen molar-refractivity contribution in [2.45, 2.75) is 19.5 Å². The zero-order valence-corrected chi connectivity index (χ0v) is 12.3. The molecular weight excluding hydrogens is 308 g/mol. The number of aryl methyl sites for hydroxylation is 1. The normalized spacial score (nSPS) is 13.4. The van der Waals surface area contributed by atoms with E-state index in [2.05, 4.69) is 43.6 Å². The predicted molar refractivity (Wildman–Crippen MR) is 74.9 cm³/mol. The lowest BCUT2D eigenvalue weighted by Crippen LogP contribution is -2.16. The summed E-state index contributed by atoms with van der Waals surface area (Å²) in [5.74, 6) is 1.96. The molecule has 1 aliphatic rings. The summed E-state index contributed by atoms with van der Waals surface area (Å²) in [6, 6.07) is 4.24. The number of nitrogens with zero attached hydrogens (tertiary/aromatic N) is 3. The number of halogens is 1. The molecule has 0 amide bonds. The highest BCUT2D eigenvalue weighted by atomic mass is 79.9. The van der Waals surface area contributed by atoms with Gasteiger partial charge in [0.25, 0.3) is 0 Å². The summed E-state index contributed by atoms with van der Waals surface area (Å²) in [6.07, 6.45) is 2.70. The van der Waals surface area contributed by atoms with Crippen molar-refractivity contribution < 1.29 is 4.74 Å². The van der Waals surface area contributed by atoms with Crippen LogP contribution in [0.5, 0.6) is 5.75 Å². The fraction of sp³-hybridized carbons (Fsp3) is 0.385. The molecule has 0 unspecified atom stereocenters. The van der Waals surface area contributed by atoms with Gasteiger partial charge in [0.2, 0.25) is 0 Å². The fourth-order valence-electron chi connectivity index (χ4n) is 2.25. The summed E-state index contributed by atoms with van der Waals surface area (Å²) in [5, 5.41) is 11.3. The molecule has 0 fully saturated rings. The van der Waals surface area contributed by atoms with Crippen LogP contribution < -0.4 is 10.1 Å². The number of aromatic nitrogens is 3. The van der Waals surface area contributed by atoms with Gasteiger partial charge in [-0.2, -0.15) is 0 Å². The first-order chi connectivity index (χ1) is 9.24. The highest BCUT2D eigenvalue weighted by molar-refractivity contribution is 9.10. The molecular formula is C13H15BrN4O. The molecule has 5 nitrogen and oxygen atoms in total. The largest absolute Gasteiger partial charge is 0.493 e. The number of hydrogen-bond acceptors (Lipinski definition) is 4. The molecule has 2 aromatic rings. The first kappa shape index (κ1) is 12.6. The monoisotopic (exact) mass is 322 g/mol. The fourth-order valence-corrected chi connectivity index (χ4v) is 2.81. The van der Waals surface area contributed by atoms with Crippen LogP contribution in [0.3, 0.4) is 0 Å². The van der Waals surface area contributed by atoms with Gasteiger partial charge in [0.15, 0.2) is 0 Å². The second-order valence-electron chi connectivity index (χ2n) is 4.61. The van der Waals surface area contributed by atoms with Crippen LogP contribution in [0, 0.1) is 0 Å². The number of hydrogen-bond donors (Lipinski definition) is 1. The van der Waals surface area contributed by atoms with Gasteiger partial charge in [0.1, 0.15) is 17.9 Å². The zero-order chi connectivity index (χ0) is 13.2. The van der Waals surface area contributed by atoms with E-state index in [-0.39, 0.29) is 0 Å². The maximum absolute atomic E-state index is 5.70. The Kier molecular flexibility index (Phi) is 3.52. The van der Waals surface area contributed by atoms with Crippen LogP contribution in [0.4, 0.5) is 0 Å². The predicted octanol–water partition coefficient (Wildman–Crippen LogP) is 1.80. The van der Waals surface area contributed by atoms with Gasteiger partial charge in [-0.25, -0.2) is 0 Å². The van der Waals surface area contributed by atoms with E-state index in [1.807, 2.05) is 11.6 Å². The Morgan fingerprint density at radius 1 is 1.42 bits per heavy atom. The van der Waals surface area contributed by atoms with Crippen molar-refractivity contribution in [3.05, 3.63) is 39.9 Å². The maximum atomic E-state index is 5.70. The molecule has 1 N–H and O–H groups in total. The van der Waals surface area contributed by atoms with Crippen molar-refractivity contribution in [3.63, 3.8) is 0 Å². The average molecular weight is 323 g/mol. The summed E-state index contributed by atoms with van der Waals surface area (Å²) < 4.78 is 8.72. The lowest BCUT2D eigenvalue weighted by Gasteiger charge is -2.10.